The van der Waals surface area contributed by atoms with E-state index in [2.05, 4.69) is 0 Å². The van der Waals surface area contributed by atoms with Crippen molar-refractivity contribution in [2.75, 3.05) is 7.05 Å². The highest BCUT2D eigenvalue weighted by molar-refractivity contribution is 5.87. The van der Waals surface area contributed by atoms with Crippen molar-refractivity contribution in [3.8, 4) is 0 Å². The number of likely N-dealkylation sites (tertiary alicyclic amines) is 1. The van der Waals surface area contributed by atoms with E-state index in [0.717, 1.165) is 17.0 Å². The number of amides is 1. The second-order valence-corrected chi connectivity index (χ2v) is 4.83. The number of carbonyl (C=O) groups is 2. The topological polar surface area (TPSA) is 57.6 Å². The molecule has 0 bridgehead atoms. The van der Waals surface area contributed by atoms with Gasteiger partial charge in [0.05, 0.1) is 17.5 Å². The molecule has 1 aliphatic heterocycles. The number of halogens is 4. The van der Waals surface area contributed by atoms with Crippen molar-refractivity contribution in [3.05, 3.63) is 35.1 Å². The molecule has 0 spiro atoms. The highest BCUT2D eigenvalue weighted by Crippen LogP contribution is 2.43. The lowest BCUT2D eigenvalue weighted by Crippen LogP contribution is -2.29. The molecule has 1 aromatic carbocycles. The van der Waals surface area contributed by atoms with Crippen LogP contribution in [0.1, 0.15) is 23.6 Å². The second-order valence-electron chi connectivity index (χ2n) is 4.83. The van der Waals surface area contributed by atoms with E-state index >= 15 is 0 Å². The molecule has 1 saturated heterocycles. The summed E-state index contributed by atoms with van der Waals surface area (Å²) >= 11 is 0. The average molecular weight is 305 g/mol. The first kappa shape index (κ1) is 15.3. The summed E-state index contributed by atoms with van der Waals surface area (Å²) in [7, 11) is 1.24. The summed E-state index contributed by atoms with van der Waals surface area (Å²) < 4.78 is 52.1. The largest absolute Gasteiger partial charge is 0.481 e. The number of aliphatic carboxylic acids is 1. The van der Waals surface area contributed by atoms with E-state index in [-0.39, 0.29) is 6.42 Å². The van der Waals surface area contributed by atoms with Crippen molar-refractivity contribution in [3.63, 3.8) is 0 Å². The van der Waals surface area contributed by atoms with Crippen LogP contribution in [0.15, 0.2) is 18.2 Å². The number of rotatable bonds is 2. The smallest absolute Gasteiger partial charge is 0.416 e. The number of hydrogen-bond donors (Lipinski definition) is 1. The standard InChI is InChI=1S/C13H11F4NO3/c1-18-10(19)5-8(12(20)21)11(18)7-3-2-6(14)4-9(7)13(15,16)17/h2-4,8,11H,5H2,1H3,(H,20,21). The molecule has 0 radical (unpaired) electrons. The molecular weight excluding hydrogens is 294 g/mol. The molecule has 114 valence electrons. The molecule has 8 heteroatoms. The minimum absolute atomic E-state index is 0.310. The zero-order valence-corrected chi connectivity index (χ0v) is 10.8. The number of carboxylic acid groups (broad SMARTS) is 1. The Labute approximate surface area is 117 Å². The molecule has 1 aromatic rings. The Morgan fingerprint density at radius 1 is 1.38 bits per heavy atom. The number of benzene rings is 1. The summed E-state index contributed by atoms with van der Waals surface area (Å²) in [6.45, 7) is 0. The number of carboxylic acids is 1. The van der Waals surface area contributed by atoms with Crippen LogP contribution in [0.2, 0.25) is 0 Å². The maximum absolute atomic E-state index is 13.1. The van der Waals surface area contributed by atoms with Gasteiger partial charge in [0, 0.05) is 13.5 Å². The van der Waals surface area contributed by atoms with Crippen LogP contribution in [0, 0.1) is 11.7 Å². The van der Waals surface area contributed by atoms with Gasteiger partial charge in [0.15, 0.2) is 0 Å². The number of alkyl halides is 3. The van der Waals surface area contributed by atoms with E-state index < -0.39 is 47.0 Å². The maximum Gasteiger partial charge on any atom is 0.416 e. The van der Waals surface area contributed by atoms with Crippen LogP contribution in [-0.2, 0) is 15.8 Å². The van der Waals surface area contributed by atoms with Gasteiger partial charge in [-0.1, -0.05) is 6.07 Å². The third kappa shape index (κ3) is 2.70. The minimum Gasteiger partial charge on any atom is -0.481 e. The molecule has 4 nitrogen and oxygen atoms in total. The van der Waals surface area contributed by atoms with Crippen LogP contribution in [0.25, 0.3) is 0 Å². The predicted octanol–water partition coefficient (Wildman–Crippen LogP) is 2.45. The Morgan fingerprint density at radius 2 is 2.00 bits per heavy atom. The molecule has 1 fully saturated rings. The average Bonchev–Trinajstić information content (AvgIpc) is 2.65. The molecule has 0 saturated carbocycles. The van der Waals surface area contributed by atoms with Gasteiger partial charge in [0.1, 0.15) is 5.82 Å². The fourth-order valence-electron chi connectivity index (χ4n) is 2.55. The zero-order valence-electron chi connectivity index (χ0n) is 10.8. The molecule has 21 heavy (non-hydrogen) atoms. The molecular formula is C13H11F4NO3. The van der Waals surface area contributed by atoms with E-state index in [4.69, 9.17) is 5.11 Å². The van der Waals surface area contributed by atoms with E-state index in [9.17, 15) is 27.2 Å². The molecule has 1 N–H and O–H groups in total. The molecule has 2 atom stereocenters. The summed E-state index contributed by atoms with van der Waals surface area (Å²) in [5, 5.41) is 9.09. The number of carbonyl (C=O) groups excluding carboxylic acids is 1. The maximum atomic E-state index is 13.1. The molecule has 0 aromatic heterocycles. The van der Waals surface area contributed by atoms with E-state index in [0.29, 0.717) is 6.07 Å². The van der Waals surface area contributed by atoms with Crippen molar-refractivity contribution < 1.29 is 32.3 Å². The van der Waals surface area contributed by atoms with Crippen molar-refractivity contribution in [2.45, 2.75) is 18.6 Å². The van der Waals surface area contributed by atoms with Gasteiger partial charge in [-0.05, 0) is 17.7 Å². The van der Waals surface area contributed by atoms with Crippen molar-refractivity contribution >= 4 is 11.9 Å². The number of hydrogen-bond acceptors (Lipinski definition) is 2. The van der Waals surface area contributed by atoms with E-state index in [1.807, 2.05) is 0 Å². The van der Waals surface area contributed by atoms with Crippen LogP contribution < -0.4 is 0 Å². The van der Waals surface area contributed by atoms with Crippen molar-refractivity contribution in [1.29, 1.82) is 0 Å². The van der Waals surface area contributed by atoms with Crippen LogP contribution in [0.5, 0.6) is 0 Å². The Hall–Kier alpha value is -2.12. The van der Waals surface area contributed by atoms with Gasteiger partial charge in [-0.3, -0.25) is 9.59 Å². The van der Waals surface area contributed by atoms with Crippen LogP contribution in [-0.4, -0.2) is 28.9 Å². The van der Waals surface area contributed by atoms with Gasteiger partial charge in [-0.2, -0.15) is 13.2 Å². The predicted molar refractivity (Wildman–Crippen MR) is 62.7 cm³/mol. The number of nitrogens with zero attached hydrogens (tertiary/aromatic N) is 1. The molecule has 1 heterocycles. The lowest BCUT2D eigenvalue weighted by atomic mass is 9.90. The van der Waals surface area contributed by atoms with Gasteiger partial charge in [0.25, 0.3) is 0 Å². The molecule has 0 aliphatic carbocycles. The fourth-order valence-corrected chi connectivity index (χ4v) is 2.55. The monoisotopic (exact) mass is 305 g/mol. The van der Waals surface area contributed by atoms with Crippen molar-refractivity contribution in [1.82, 2.24) is 4.90 Å². The molecule has 1 amide bonds. The summed E-state index contributed by atoms with van der Waals surface area (Å²) in [6.07, 6.45) is -5.22. The molecule has 2 rings (SSSR count). The Kier molecular flexibility index (Phi) is 3.65. The first-order chi connectivity index (χ1) is 9.62. The van der Waals surface area contributed by atoms with Gasteiger partial charge < -0.3 is 10.0 Å². The van der Waals surface area contributed by atoms with Gasteiger partial charge in [-0.25, -0.2) is 4.39 Å². The van der Waals surface area contributed by atoms with Crippen LogP contribution in [0.3, 0.4) is 0 Å². The summed E-state index contributed by atoms with van der Waals surface area (Å²) in [6, 6.07) is 0.742. The van der Waals surface area contributed by atoms with Gasteiger partial charge in [0.2, 0.25) is 5.91 Å². The first-order valence-electron chi connectivity index (χ1n) is 5.98. The Bertz CT molecular complexity index is 600. The second kappa shape index (κ2) is 5.01. The quantitative estimate of drug-likeness (QED) is 0.854. The Balaban J connectivity index is 2.59. The fraction of sp³-hybridized carbons (Fsp3) is 0.385. The lowest BCUT2D eigenvalue weighted by molar-refractivity contribution is -0.144. The summed E-state index contributed by atoms with van der Waals surface area (Å²) in [4.78, 5) is 23.7. The summed E-state index contributed by atoms with van der Waals surface area (Å²) in [5.41, 5.74) is -1.68. The Morgan fingerprint density at radius 3 is 2.52 bits per heavy atom. The van der Waals surface area contributed by atoms with E-state index in [1.165, 1.54) is 7.05 Å². The SMILES string of the molecule is CN1C(=O)CC(C(=O)O)C1c1ccc(F)cc1C(F)(F)F. The highest BCUT2D eigenvalue weighted by atomic mass is 19.4. The van der Waals surface area contributed by atoms with Gasteiger partial charge >= 0.3 is 12.1 Å². The van der Waals surface area contributed by atoms with Gasteiger partial charge in [-0.15, -0.1) is 0 Å². The zero-order chi connectivity index (χ0) is 15.9. The molecule has 2 unspecified atom stereocenters. The van der Waals surface area contributed by atoms with Crippen LogP contribution >= 0.6 is 0 Å². The highest BCUT2D eigenvalue weighted by Gasteiger charge is 2.46. The van der Waals surface area contributed by atoms with E-state index in [1.54, 1.807) is 0 Å². The molecule has 1 aliphatic rings. The van der Waals surface area contributed by atoms with Crippen LogP contribution in [0.4, 0.5) is 17.6 Å². The minimum atomic E-state index is -4.84. The third-order valence-electron chi connectivity index (χ3n) is 3.54. The normalized spacial score (nSPS) is 22.7. The van der Waals surface area contributed by atoms with Crippen molar-refractivity contribution in [2.24, 2.45) is 5.92 Å². The lowest BCUT2D eigenvalue weighted by Gasteiger charge is -2.26. The summed E-state index contributed by atoms with van der Waals surface area (Å²) in [5.74, 6) is -4.31. The first-order valence-corrected chi connectivity index (χ1v) is 5.98. The third-order valence-corrected chi connectivity index (χ3v) is 3.54.